The average Bonchev–Trinajstić information content (AvgIpc) is 3.11. The Bertz CT molecular complexity index is 946. The summed E-state index contributed by atoms with van der Waals surface area (Å²) >= 11 is 0. The van der Waals surface area contributed by atoms with Gasteiger partial charge >= 0.3 is 5.97 Å². The number of Topliss-reactive ketones (excluding diaryl/α,β-unsaturated/α-hetero) is 2. The second-order valence-corrected chi connectivity index (χ2v) is 11.7. The largest absolute Gasteiger partial charge is 0.459 e. The number of carbonyl (C=O) groups excluding carboxylic acids is 3. The number of hydrogen-bond donors (Lipinski definition) is 2. The molecule has 2 saturated carbocycles. The molecule has 0 aromatic heterocycles. The third-order valence-corrected chi connectivity index (χ3v) is 10.2. The summed E-state index contributed by atoms with van der Waals surface area (Å²) in [6.45, 7) is 7.41. The predicted octanol–water partition coefficient (Wildman–Crippen LogP) is 3.01. The maximum atomic E-state index is 13.6. The van der Waals surface area contributed by atoms with Crippen LogP contribution >= 0.6 is 0 Å². The van der Waals surface area contributed by atoms with E-state index in [2.05, 4.69) is 6.08 Å². The second-order valence-electron chi connectivity index (χ2n) is 11.7. The average molecular weight is 457 g/mol. The molecule has 4 aliphatic carbocycles. The van der Waals surface area contributed by atoms with E-state index in [9.17, 15) is 24.6 Å². The standard InChI is InChI=1S/C27H36O6/c1-13-10-22(33-25(31)14(13)2)27(4,32)24-20(29)11-17-16-9-8-15-6-5-7-21(30)26(15,3)18(16)12-19(28)23(17)24/h5-6,8,13-14,16-18,20,22-24,29,32H,7,9-12H2,1-4H3. The normalized spacial score (nSPS) is 48.8. The fraction of sp³-hybridized carbons (Fsp3) is 0.741. The lowest BCUT2D eigenvalue weighted by molar-refractivity contribution is -0.199. The first-order valence-corrected chi connectivity index (χ1v) is 12.5. The minimum atomic E-state index is -1.51. The predicted molar refractivity (Wildman–Crippen MR) is 121 cm³/mol. The summed E-state index contributed by atoms with van der Waals surface area (Å²) in [5.41, 5.74) is -1.14. The Kier molecular flexibility index (Phi) is 5.30. The van der Waals surface area contributed by atoms with Crippen molar-refractivity contribution in [3.63, 3.8) is 0 Å². The Morgan fingerprint density at radius 3 is 2.58 bits per heavy atom. The molecule has 0 aromatic carbocycles. The van der Waals surface area contributed by atoms with Crippen molar-refractivity contribution in [1.29, 1.82) is 0 Å². The zero-order chi connectivity index (χ0) is 23.9. The fourth-order valence-corrected chi connectivity index (χ4v) is 7.93. The van der Waals surface area contributed by atoms with Gasteiger partial charge in [-0.3, -0.25) is 14.4 Å². The van der Waals surface area contributed by atoms with E-state index < -0.39 is 35.1 Å². The Morgan fingerprint density at radius 1 is 1.15 bits per heavy atom. The lowest BCUT2D eigenvalue weighted by Crippen LogP contribution is -2.58. The zero-order valence-corrected chi connectivity index (χ0v) is 20.0. The van der Waals surface area contributed by atoms with Crippen LogP contribution in [-0.4, -0.2) is 45.6 Å². The van der Waals surface area contributed by atoms with Crippen LogP contribution in [0.5, 0.6) is 0 Å². The minimum Gasteiger partial charge on any atom is -0.459 e. The summed E-state index contributed by atoms with van der Waals surface area (Å²) < 4.78 is 5.64. The van der Waals surface area contributed by atoms with Crippen LogP contribution < -0.4 is 0 Å². The number of ketones is 2. The number of cyclic esters (lactones) is 1. The third kappa shape index (κ3) is 3.16. The number of allylic oxidation sites excluding steroid dienone is 4. The molecule has 1 heterocycles. The van der Waals surface area contributed by atoms with Gasteiger partial charge in [0.15, 0.2) is 0 Å². The minimum absolute atomic E-state index is 0.0245. The van der Waals surface area contributed by atoms with Gasteiger partial charge in [-0.25, -0.2) is 0 Å². The molecule has 180 valence electrons. The summed E-state index contributed by atoms with van der Waals surface area (Å²) in [5.74, 6) is -1.56. The van der Waals surface area contributed by atoms with Crippen molar-refractivity contribution in [1.82, 2.24) is 0 Å². The summed E-state index contributed by atoms with van der Waals surface area (Å²) in [4.78, 5) is 39.1. The molecule has 5 aliphatic rings. The highest BCUT2D eigenvalue weighted by Crippen LogP contribution is 2.61. The lowest BCUT2D eigenvalue weighted by atomic mass is 9.50. The van der Waals surface area contributed by atoms with Crippen LogP contribution in [0, 0.1) is 46.8 Å². The van der Waals surface area contributed by atoms with E-state index in [0.29, 0.717) is 19.3 Å². The van der Waals surface area contributed by atoms with E-state index in [-0.39, 0.29) is 53.5 Å². The molecule has 6 heteroatoms. The molecule has 6 nitrogen and oxygen atoms in total. The van der Waals surface area contributed by atoms with Crippen LogP contribution in [0.15, 0.2) is 23.8 Å². The molecule has 1 aliphatic heterocycles. The highest BCUT2D eigenvalue weighted by molar-refractivity contribution is 5.93. The molecule has 2 N–H and O–H groups in total. The van der Waals surface area contributed by atoms with Crippen molar-refractivity contribution in [2.45, 2.75) is 77.6 Å². The van der Waals surface area contributed by atoms with Gasteiger partial charge in [-0.05, 0) is 62.4 Å². The van der Waals surface area contributed by atoms with E-state index in [1.165, 1.54) is 0 Å². The smallest absolute Gasteiger partial charge is 0.309 e. The molecule has 3 fully saturated rings. The molecular weight excluding hydrogens is 420 g/mol. The number of hydrogen-bond acceptors (Lipinski definition) is 6. The first-order valence-electron chi connectivity index (χ1n) is 12.5. The first kappa shape index (κ1) is 23.0. The summed E-state index contributed by atoms with van der Waals surface area (Å²) in [7, 11) is 0. The summed E-state index contributed by atoms with van der Waals surface area (Å²) in [6.07, 6.45) is 6.86. The lowest BCUT2D eigenvalue weighted by Gasteiger charge is -2.52. The van der Waals surface area contributed by atoms with E-state index >= 15 is 0 Å². The van der Waals surface area contributed by atoms with Crippen molar-refractivity contribution in [2.75, 3.05) is 0 Å². The molecule has 0 amide bonds. The fourth-order valence-electron chi connectivity index (χ4n) is 7.93. The number of ether oxygens (including phenoxy) is 1. The Morgan fingerprint density at radius 2 is 1.88 bits per heavy atom. The van der Waals surface area contributed by atoms with Crippen LogP contribution in [0.3, 0.4) is 0 Å². The molecule has 11 atom stereocenters. The number of fused-ring (bicyclic) bond motifs is 5. The Labute approximate surface area is 195 Å². The van der Waals surface area contributed by atoms with Crippen LogP contribution in [0.25, 0.3) is 0 Å². The molecule has 1 saturated heterocycles. The van der Waals surface area contributed by atoms with E-state index in [4.69, 9.17) is 4.74 Å². The van der Waals surface area contributed by atoms with Gasteiger partial charge in [-0.1, -0.05) is 32.1 Å². The van der Waals surface area contributed by atoms with Crippen LogP contribution in [-0.2, 0) is 19.1 Å². The Hall–Kier alpha value is -1.79. The second kappa shape index (κ2) is 7.61. The number of rotatable bonds is 2. The maximum absolute atomic E-state index is 13.6. The first-order chi connectivity index (χ1) is 15.5. The summed E-state index contributed by atoms with van der Waals surface area (Å²) in [5, 5.41) is 22.9. The molecule has 0 spiro atoms. The van der Waals surface area contributed by atoms with E-state index in [1.807, 2.05) is 32.9 Å². The van der Waals surface area contributed by atoms with Crippen LogP contribution in [0.2, 0.25) is 0 Å². The highest BCUT2D eigenvalue weighted by atomic mass is 16.6. The van der Waals surface area contributed by atoms with Crippen molar-refractivity contribution in [3.8, 4) is 0 Å². The SMILES string of the molecule is CC1CC(C(C)(O)C2C(O)CC3C4CC=C5C=CCC(=O)C5(C)C4CC(=O)C32)OC(=O)C1C. The molecule has 11 unspecified atom stereocenters. The van der Waals surface area contributed by atoms with Crippen molar-refractivity contribution in [3.05, 3.63) is 23.8 Å². The monoisotopic (exact) mass is 456 g/mol. The van der Waals surface area contributed by atoms with Gasteiger partial charge in [-0.15, -0.1) is 0 Å². The van der Waals surface area contributed by atoms with Gasteiger partial charge in [0.05, 0.1) is 17.4 Å². The van der Waals surface area contributed by atoms with Gasteiger partial charge in [0.1, 0.15) is 23.3 Å². The molecule has 0 bridgehead atoms. The van der Waals surface area contributed by atoms with Crippen LogP contribution in [0.1, 0.15) is 59.8 Å². The van der Waals surface area contributed by atoms with Crippen molar-refractivity contribution < 1.29 is 29.3 Å². The topological polar surface area (TPSA) is 101 Å². The zero-order valence-electron chi connectivity index (χ0n) is 20.0. The molecular formula is C27H36O6. The number of aliphatic hydroxyl groups excluding tert-OH is 1. The van der Waals surface area contributed by atoms with Crippen LogP contribution in [0.4, 0.5) is 0 Å². The number of carbonyl (C=O) groups is 3. The molecule has 5 rings (SSSR count). The number of esters is 1. The molecule has 0 aromatic rings. The number of aliphatic hydroxyl groups is 2. The quantitative estimate of drug-likeness (QED) is 0.620. The van der Waals surface area contributed by atoms with Crippen molar-refractivity contribution >= 4 is 17.5 Å². The highest BCUT2D eigenvalue weighted by Gasteiger charge is 2.64. The molecule has 33 heavy (non-hydrogen) atoms. The van der Waals surface area contributed by atoms with Gasteiger partial charge in [0.2, 0.25) is 0 Å². The Balaban J connectivity index is 1.47. The van der Waals surface area contributed by atoms with E-state index in [1.54, 1.807) is 6.92 Å². The van der Waals surface area contributed by atoms with Gasteiger partial charge in [-0.2, -0.15) is 0 Å². The third-order valence-electron chi connectivity index (χ3n) is 10.2. The van der Waals surface area contributed by atoms with Gasteiger partial charge < -0.3 is 14.9 Å². The molecule has 0 radical (unpaired) electrons. The summed E-state index contributed by atoms with van der Waals surface area (Å²) in [6, 6.07) is 0. The van der Waals surface area contributed by atoms with Gasteiger partial charge in [0, 0.05) is 24.7 Å². The van der Waals surface area contributed by atoms with Gasteiger partial charge in [0.25, 0.3) is 0 Å². The van der Waals surface area contributed by atoms with E-state index in [0.717, 1.165) is 12.0 Å². The van der Waals surface area contributed by atoms with Crippen molar-refractivity contribution in [2.24, 2.45) is 46.8 Å². The maximum Gasteiger partial charge on any atom is 0.309 e.